The van der Waals surface area contributed by atoms with E-state index in [9.17, 15) is 4.79 Å². The molecule has 20 heavy (non-hydrogen) atoms. The summed E-state index contributed by atoms with van der Waals surface area (Å²) < 4.78 is 0. The number of rotatable bonds is 4. The summed E-state index contributed by atoms with van der Waals surface area (Å²) in [5.74, 6) is 6.27. The molecule has 1 N–H and O–H groups in total. The van der Waals surface area contributed by atoms with Crippen molar-refractivity contribution >= 4 is 17.2 Å². The lowest BCUT2D eigenvalue weighted by atomic mass is 10.1. The Morgan fingerprint density at radius 3 is 3.00 bits per heavy atom. The van der Waals surface area contributed by atoms with Gasteiger partial charge in [-0.2, -0.15) is 0 Å². The Hall–Kier alpha value is -1.35. The first-order valence-corrected chi connectivity index (χ1v) is 7.51. The predicted octanol–water partition coefficient (Wildman–Crippen LogP) is 1.00. The van der Waals surface area contributed by atoms with E-state index in [1.165, 1.54) is 4.88 Å². The molecule has 5 heteroatoms. The topological polar surface area (TPSA) is 43.8 Å². The molecule has 1 saturated heterocycles. The highest BCUT2D eigenvalue weighted by Gasteiger charge is 2.27. The molecular weight excluding hydrogens is 272 g/mol. The maximum atomic E-state index is 11.5. The van der Waals surface area contributed by atoms with Gasteiger partial charge in [-0.25, -0.2) is 0 Å². The molecular formula is C15H20N2O2S. The molecule has 0 aromatic carbocycles. The fourth-order valence-corrected chi connectivity index (χ4v) is 3.47. The fraction of sp³-hybridized carbons (Fsp3) is 0.533. The molecule has 0 saturated carbocycles. The van der Waals surface area contributed by atoms with E-state index < -0.39 is 0 Å². The standard InChI is InChI=1S/C15H20N2O2S/c1-16(9-12-8-15(19)17(2)10-12)11-14-6-5-13(20-14)4-3-7-18/h5-6,12,18H,7-11H2,1-2H3/t12-/m1/s1. The number of nitrogens with zero attached hydrogens (tertiary/aromatic N) is 2. The molecule has 1 aliphatic heterocycles. The normalized spacial score (nSPS) is 18.5. The molecule has 0 radical (unpaired) electrons. The Kier molecular flexibility index (Phi) is 5.18. The van der Waals surface area contributed by atoms with Gasteiger partial charge in [0.1, 0.15) is 6.61 Å². The smallest absolute Gasteiger partial charge is 0.222 e. The summed E-state index contributed by atoms with van der Waals surface area (Å²) in [6, 6.07) is 4.07. The third-order valence-corrected chi connectivity index (χ3v) is 4.35. The SMILES string of the molecule is CN(Cc1ccc(C#CCO)s1)C[C@H]1CC(=O)N(C)C1. The molecule has 1 amide bonds. The van der Waals surface area contributed by atoms with E-state index in [0.717, 1.165) is 24.5 Å². The van der Waals surface area contributed by atoms with Crippen molar-refractivity contribution in [1.82, 2.24) is 9.80 Å². The van der Waals surface area contributed by atoms with Gasteiger partial charge in [-0.15, -0.1) is 11.3 Å². The number of carbonyl (C=O) groups excluding carboxylic acids is 1. The van der Waals surface area contributed by atoms with E-state index in [-0.39, 0.29) is 12.5 Å². The van der Waals surface area contributed by atoms with E-state index >= 15 is 0 Å². The lowest BCUT2D eigenvalue weighted by Crippen LogP contribution is -2.26. The van der Waals surface area contributed by atoms with Crippen molar-refractivity contribution in [2.75, 3.05) is 33.8 Å². The van der Waals surface area contributed by atoms with Crippen LogP contribution in [0.1, 0.15) is 16.2 Å². The summed E-state index contributed by atoms with van der Waals surface area (Å²) in [4.78, 5) is 17.8. The van der Waals surface area contributed by atoms with Crippen molar-refractivity contribution in [3.05, 3.63) is 21.9 Å². The lowest BCUT2D eigenvalue weighted by molar-refractivity contribution is -0.126. The molecule has 1 atom stereocenters. The van der Waals surface area contributed by atoms with Crippen molar-refractivity contribution in [1.29, 1.82) is 0 Å². The van der Waals surface area contributed by atoms with E-state index in [1.807, 2.05) is 18.0 Å². The van der Waals surface area contributed by atoms with Gasteiger partial charge in [-0.05, 0) is 25.1 Å². The third-order valence-electron chi connectivity index (χ3n) is 3.37. The van der Waals surface area contributed by atoms with Gasteiger partial charge in [-0.1, -0.05) is 11.8 Å². The Balaban J connectivity index is 1.84. The zero-order valence-electron chi connectivity index (χ0n) is 11.9. The Morgan fingerprint density at radius 1 is 1.55 bits per heavy atom. The molecule has 1 aromatic rings. The molecule has 1 aliphatic rings. The van der Waals surface area contributed by atoms with Crippen molar-refractivity contribution in [3.63, 3.8) is 0 Å². The van der Waals surface area contributed by atoms with E-state index in [1.54, 1.807) is 11.3 Å². The van der Waals surface area contributed by atoms with Crippen LogP contribution < -0.4 is 0 Å². The fourth-order valence-electron chi connectivity index (χ4n) is 2.51. The second-order valence-electron chi connectivity index (χ2n) is 5.27. The van der Waals surface area contributed by atoms with Crippen molar-refractivity contribution < 1.29 is 9.90 Å². The van der Waals surface area contributed by atoms with Crippen LogP contribution in [0.5, 0.6) is 0 Å². The van der Waals surface area contributed by atoms with Crippen LogP contribution in [-0.2, 0) is 11.3 Å². The summed E-state index contributed by atoms with van der Waals surface area (Å²) in [6.07, 6.45) is 0.665. The maximum Gasteiger partial charge on any atom is 0.222 e. The van der Waals surface area contributed by atoms with Gasteiger partial charge in [0.15, 0.2) is 0 Å². The number of thiophene rings is 1. The summed E-state index contributed by atoms with van der Waals surface area (Å²) in [6.45, 7) is 2.57. The highest BCUT2D eigenvalue weighted by atomic mass is 32.1. The van der Waals surface area contributed by atoms with Crippen LogP contribution in [0.3, 0.4) is 0 Å². The lowest BCUT2D eigenvalue weighted by Gasteiger charge is -2.19. The molecule has 108 valence electrons. The van der Waals surface area contributed by atoms with Crippen molar-refractivity contribution in [2.24, 2.45) is 5.92 Å². The van der Waals surface area contributed by atoms with Crippen LogP contribution in [0.4, 0.5) is 0 Å². The number of aliphatic hydroxyl groups is 1. The highest BCUT2D eigenvalue weighted by molar-refractivity contribution is 7.12. The second kappa shape index (κ2) is 6.89. The van der Waals surface area contributed by atoms with Gasteiger partial charge in [0.2, 0.25) is 5.91 Å². The van der Waals surface area contributed by atoms with Crippen LogP contribution in [0, 0.1) is 17.8 Å². The Labute approximate surface area is 124 Å². The highest BCUT2D eigenvalue weighted by Crippen LogP contribution is 2.20. The van der Waals surface area contributed by atoms with E-state index in [2.05, 4.69) is 29.9 Å². The first-order valence-electron chi connectivity index (χ1n) is 6.69. The van der Waals surface area contributed by atoms with Crippen LogP contribution >= 0.6 is 11.3 Å². The minimum atomic E-state index is -0.101. The molecule has 0 bridgehead atoms. The Morgan fingerprint density at radius 2 is 2.35 bits per heavy atom. The minimum Gasteiger partial charge on any atom is -0.384 e. The van der Waals surface area contributed by atoms with Crippen molar-refractivity contribution in [2.45, 2.75) is 13.0 Å². The average Bonchev–Trinajstić information content (AvgIpc) is 2.94. The molecule has 0 aliphatic carbocycles. The van der Waals surface area contributed by atoms with Gasteiger partial charge >= 0.3 is 0 Å². The minimum absolute atomic E-state index is 0.101. The molecule has 2 rings (SSSR count). The Bertz CT molecular complexity index is 529. The van der Waals surface area contributed by atoms with Crippen molar-refractivity contribution in [3.8, 4) is 11.8 Å². The van der Waals surface area contributed by atoms with Gasteiger partial charge in [0.05, 0.1) is 4.88 Å². The molecule has 1 aromatic heterocycles. The van der Waals surface area contributed by atoms with Crippen LogP contribution in [0.25, 0.3) is 0 Å². The monoisotopic (exact) mass is 292 g/mol. The first-order chi connectivity index (χ1) is 9.58. The number of aliphatic hydroxyl groups excluding tert-OH is 1. The van der Waals surface area contributed by atoms with Gasteiger partial charge in [-0.3, -0.25) is 4.79 Å². The first kappa shape index (κ1) is 15.0. The summed E-state index contributed by atoms with van der Waals surface area (Å²) in [7, 11) is 3.95. The summed E-state index contributed by atoms with van der Waals surface area (Å²) in [5.41, 5.74) is 0. The van der Waals surface area contributed by atoms with Gasteiger partial charge in [0, 0.05) is 38.0 Å². The maximum absolute atomic E-state index is 11.5. The largest absolute Gasteiger partial charge is 0.384 e. The van der Waals surface area contributed by atoms with Gasteiger partial charge in [0.25, 0.3) is 0 Å². The summed E-state index contributed by atoms with van der Waals surface area (Å²) in [5, 5.41) is 8.67. The molecule has 0 unspecified atom stereocenters. The summed E-state index contributed by atoms with van der Waals surface area (Å²) >= 11 is 1.66. The third kappa shape index (κ3) is 4.07. The zero-order valence-corrected chi connectivity index (χ0v) is 12.7. The van der Waals surface area contributed by atoms with Gasteiger partial charge < -0.3 is 14.9 Å². The average molecular weight is 292 g/mol. The second-order valence-corrected chi connectivity index (χ2v) is 6.44. The van der Waals surface area contributed by atoms with Crippen LogP contribution in [0.15, 0.2) is 12.1 Å². The van der Waals surface area contributed by atoms with E-state index in [4.69, 9.17) is 5.11 Å². The quantitative estimate of drug-likeness (QED) is 0.842. The molecule has 2 heterocycles. The molecule has 1 fully saturated rings. The molecule has 4 nitrogen and oxygen atoms in total. The van der Waals surface area contributed by atoms with Crippen LogP contribution in [0.2, 0.25) is 0 Å². The van der Waals surface area contributed by atoms with Crippen LogP contribution in [-0.4, -0.2) is 54.6 Å². The number of likely N-dealkylation sites (tertiary alicyclic amines) is 1. The number of hydrogen-bond acceptors (Lipinski definition) is 4. The number of carbonyl (C=O) groups is 1. The van der Waals surface area contributed by atoms with E-state index in [0.29, 0.717) is 12.3 Å². The predicted molar refractivity (Wildman–Crippen MR) is 80.4 cm³/mol. The number of amides is 1. The molecule has 0 spiro atoms. The zero-order chi connectivity index (χ0) is 14.5. The number of hydrogen-bond donors (Lipinski definition) is 1.